The second kappa shape index (κ2) is 44.2. The zero-order chi connectivity index (χ0) is 83.9. The molecule has 8 aromatic carbocycles. The van der Waals surface area contributed by atoms with Crippen molar-refractivity contribution in [2.24, 2.45) is 22.9 Å². The molecule has 0 aliphatic heterocycles. The summed E-state index contributed by atoms with van der Waals surface area (Å²) in [6.45, 7) is 0.902. The van der Waals surface area contributed by atoms with Gasteiger partial charge in [0.25, 0.3) is 35.5 Å². The van der Waals surface area contributed by atoms with E-state index in [1.807, 2.05) is 60.7 Å². The highest BCUT2D eigenvalue weighted by molar-refractivity contribution is 5.36. The minimum absolute atomic E-state index is 0. The van der Waals surface area contributed by atoms with E-state index < -0.39 is 108 Å². The van der Waals surface area contributed by atoms with Gasteiger partial charge in [-0.1, -0.05) is 60.7 Å². The molecule has 0 bridgehead atoms. The molecule has 6 saturated carbocycles. The summed E-state index contributed by atoms with van der Waals surface area (Å²) in [4.78, 5) is 0. The number of phenols is 4. The van der Waals surface area contributed by atoms with Crippen LogP contribution in [0.5, 0.6) is 69.0 Å². The highest BCUT2D eigenvalue weighted by atomic mass is 35.5. The van der Waals surface area contributed by atoms with Gasteiger partial charge < -0.3 is 118 Å². The molecule has 14 rings (SSSR count). The molecule has 0 heterocycles. The van der Waals surface area contributed by atoms with Crippen molar-refractivity contribution in [2.75, 3.05) is 0 Å². The summed E-state index contributed by atoms with van der Waals surface area (Å²) in [7, 11) is 0. The van der Waals surface area contributed by atoms with Crippen molar-refractivity contribution in [3.05, 3.63) is 217 Å². The van der Waals surface area contributed by atoms with E-state index >= 15 is 0 Å². The third kappa shape index (κ3) is 29.1. The molecule has 18 N–H and O–H groups in total. The molecular formula is C86H104Cl2F12N6O12. The zero-order valence-corrected chi connectivity index (χ0v) is 66.3. The second-order valence-electron chi connectivity index (χ2n) is 29.8. The van der Waals surface area contributed by atoms with Gasteiger partial charge in [-0.05, 0) is 221 Å². The summed E-state index contributed by atoms with van der Waals surface area (Å²) < 4.78 is 208. The maximum atomic E-state index is 14.0. The van der Waals surface area contributed by atoms with Gasteiger partial charge in [0, 0.05) is 75.5 Å². The summed E-state index contributed by atoms with van der Waals surface area (Å²) in [5.41, 5.74) is 32.6. The van der Waals surface area contributed by atoms with Gasteiger partial charge in [0.1, 0.15) is 94.3 Å². The summed E-state index contributed by atoms with van der Waals surface area (Å²) in [6.07, 6.45) is -2.37. The molecule has 118 heavy (non-hydrogen) atoms. The van der Waals surface area contributed by atoms with E-state index in [2.05, 4.69) is 11.5 Å². The predicted octanol–water partition coefficient (Wildman–Crippen LogP) is 10.0. The summed E-state index contributed by atoms with van der Waals surface area (Å²) in [5, 5.41) is 36.4. The second-order valence-corrected chi connectivity index (χ2v) is 29.8. The van der Waals surface area contributed by atoms with Crippen LogP contribution in [0.1, 0.15) is 127 Å². The van der Waals surface area contributed by atoms with Crippen molar-refractivity contribution < 1.29 is 147 Å². The molecule has 32 heteroatoms. The lowest BCUT2D eigenvalue weighted by Crippen LogP contribution is -3.00. The fourth-order valence-electron chi connectivity index (χ4n) is 13.9. The number of phenolic OH excluding ortho intramolecular Hbond substituents is 4. The van der Waals surface area contributed by atoms with Gasteiger partial charge in [0.2, 0.25) is 12.2 Å². The minimum atomic E-state index is -2.89. The van der Waals surface area contributed by atoms with Crippen molar-refractivity contribution in [2.45, 2.75) is 237 Å². The van der Waals surface area contributed by atoms with Crippen molar-refractivity contribution in [1.29, 1.82) is 0 Å². The Morgan fingerprint density at radius 3 is 0.644 bits per heavy atom. The Bertz CT molecular complexity index is 3780. The Labute approximate surface area is 690 Å². The van der Waals surface area contributed by atoms with Crippen molar-refractivity contribution in [3.8, 4) is 69.0 Å². The van der Waals surface area contributed by atoms with Crippen LogP contribution >= 0.6 is 0 Å². The maximum absolute atomic E-state index is 14.0. The van der Waals surface area contributed by atoms with Crippen LogP contribution in [-0.4, -0.2) is 129 Å². The summed E-state index contributed by atoms with van der Waals surface area (Å²) in [5.74, 6) is -13.6. The van der Waals surface area contributed by atoms with E-state index in [-0.39, 0.29) is 86.3 Å². The first-order chi connectivity index (χ1) is 55.0. The number of halogens is 14. The molecule has 8 aromatic rings. The quantitative estimate of drug-likeness (QED) is 0.0357. The number of hydrogen-bond acceptors (Lipinski definition) is 16. The SMILES string of the molecule is N[C@@H]1CCCC(F)(F)[C@@H]1Oc1ccc(O)cc1.N[C@@H]1CCCC(F)(F)[C@@H]1Oc1ccc(OCc2ccccc2)cc1.N[C@H]1CCCC(F)(F)[C@H]1Oc1ccc(O)cc1.N[C@H]1CCCC(F)(F)[C@H]1Oc1ccc(OCc2ccccc2)cc1.[Cl-].[Cl-].[NH3+][C@@H]1CCCC(F)(F)[C@@H]1Oc1ccc(O)cc1.[NH3+][C@H]1CCCC(F)(F)[C@H]1Oc1ccc(O)cc1. The molecular weight excluding hydrogens is 1610 g/mol. The van der Waals surface area contributed by atoms with E-state index in [0.29, 0.717) is 136 Å². The van der Waals surface area contributed by atoms with E-state index in [1.54, 1.807) is 48.5 Å². The number of benzene rings is 8. The lowest BCUT2D eigenvalue weighted by Gasteiger charge is -2.35. The zero-order valence-electron chi connectivity index (χ0n) is 64.8. The van der Waals surface area contributed by atoms with Crippen LogP contribution in [0.15, 0.2) is 206 Å². The standard InChI is InChI=1S/2C19H21F2NO2.4C12H15F2NO2.2ClH/c2*20-19(21)12-4-7-17(22)18(19)24-16-10-8-15(9-11-16)23-13-14-5-2-1-3-6-14;4*13-12(14)7-1-2-10(15)11(12)17-9-5-3-8(16)4-6-9;;/h2*1-3,5-6,8-11,17-18H,4,7,12-13,22H2;4*3-6,10-11,16H,1-2,7,15H2;2*1H/t2*17-,18-;4*10-,11-;;/m101100../s1. The van der Waals surface area contributed by atoms with E-state index in [4.69, 9.17) is 81.3 Å². The molecule has 0 aromatic heterocycles. The molecule has 12 atom stereocenters. The largest absolute Gasteiger partial charge is 1.00 e. The molecule has 6 fully saturated rings. The number of quaternary nitrogens is 2. The molecule has 0 radical (unpaired) electrons. The van der Waals surface area contributed by atoms with Crippen LogP contribution in [-0.2, 0) is 13.2 Å². The number of nitrogens with two attached hydrogens (primary N) is 4. The van der Waals surface area contributed by atoms with Gasteiger partial charge in [0.15, 0.2) is 24.4 Å². The number of rotatable bonds is 18. The Hall–Kier alpha value is -9.14. The lowest BCUT2D eigenvalue weighted by molar-refractivity contribution is -0.454. The molecule has 648 valence electrons. The van der Waals surface area contributed by atoms with Crippen molar-refractivity contribution in [3.63, 3.8) is 0 Å². The molecule has 6 aliphatic rings. The van der Waals surface area contributed by atoms with Gasteiger partial charge in [-0.25, -0.2) is 52.7 Å². The number of alkyl halides is 12. The fraction of sp³-hybridized carbons (Fsp3) is 0.442. The van der Waals surface area contributed by atoms with Crippen LogP contribution in [0, 0.1) is 0 Å². The van der Waals surface area contributed by atoms with Gasteiger partial charge in [-0.15, -0.1) is 0 Å². The van der Waals surface area contributed by atoms with Gasteiger partial charge in [0.05, 0.1) is 0 Å². The van der Waals surface area contributed by atoms with Gasteiger partial charge in [-0.3, -0.25) is 0 Å². The fourth-order valence-corrected chi connectivity index (χ4v) is 13.9. The highest BCUT2D eigenvalue weighted by Gasteiger charge is 2.53. The highest BCUT2D eigenvalue weighted by Crippen LogP contribution is 2.42. The van der Waals surface area contributed by atoms with E-state index in [9.17, 15) is 52.7 Å². The normalized spacial score (nSPS) is 25.2. The van der Waals surface area contributed by atoms with Crippen LogP contribution in [0.2, 0.25) is 0 Å². The molecule has 0 amide bonds. The summed E-state index contributed by atoms with van der Waals surface area (Å²) >= 11 is 0. The first kappa shape index (κ1) is 96.0. The van der Waals surface area contributed by atoms with Crippen molar-refractivity contribution >= 4 is 0 Å². The number of ether oxygens (including phenoxy) is 8. The average molecular weight is 1710 g/mol. The van der Waals surface area contributed by atoms with Crippen molar-refractivity contribution in [1.82, 2.24) is 0 Å². The third-order valence-electron chi connectivity index (χ3n) is 20.3. The Morgan fingerprint density at radius 1 is 0.263 bits per heavy atom. The van der Waals surface area contributed by atoms with Gasteiger partial charge >= 0.3 is 0 Å². The molecule has 6 aliphatic carbocycles. The molecule has 18 nitrogen and oxygen atoms in total. The molecule has 0 unspecified atom stereocenters. The monoisotopic (exact) mass is 1710 g/mol. The van der Waals surface area contributed by atoms with Gasteiger partial charge in [-0.2, -0.15) is 0 Å². The van der Waals surface area contributed by atoms with E-state index in [1.165, 1.54) is 97.1 Å². The smallest absolute Gasteiger partial charge is 0.290 e. The third-order valence-corrected chi connectivity index (χ3v) is 20.3. The van der Waals surface area contributed by atoms with Crippen LogP contribution in [0.3, 0.4) is 0 Å². The predicted molar refractivity (Wildman–Crippen MR) is 411 cm³/mol. The Morgan fingerprint density at radius 2 is 0.441 bits per heavy atom. The minimum Gasteiger partial charge on any atom is -1.00 e. The molecule has 0 spiro atoms. The Kier molecular flexibility index (Phi) is 36.0. The maximum Gasteiger partial charge on any atom is 0.290 e. The average Bonchev–Trinajstić information content (AvgIpc) is 0.838. The van der Waals surface area contributed by atoms with Crippen LogP contribution in [0.4, 0.5) is 52.7 Å². The first-order valence-electron chi connectivity index (χ1n) is 38.7. The number of aromatic hydroxyl groups is 4. The first-order valence-corrected chi connectivity index (χ1v) is 38.7. The van der Waals surface area contributed by atoms with Crippen LogP contribution < -0.4 is 97.1 Å². The topological polar surface area (TPSA) is 314 Å². The Balaban J connectivity index is 0.000000196. The summed E-state index contributed by atoms with van der Waals surface area (Å²) in [6, 6.07) is 52.5. The molecule has 0 saturated heterocycles. The van der Waals surface area contributed by atoms with Crippen LogP contribution in [0.25, 0.3) is 0 Å². The lowest BCUT2D eigenvalue weighted by atomic mass is 9.89. The van der Waals surface area contributed by atoms with E-state index in [0.717, 1.165) is 11.1 Å². The number of hydrogen-bond donors (Lipinski definition) is 10.